The van der Waals surface area contributed by atoms with Crippen LogP contribution in [0.3, 0.4) is 0 Å². The van der Waals surface area contributed by atoms with Crippen molar-refractivity contribution in [1.82, 2.24) is 0 Å². The predicted molar refractivity (Wildman–Crippen MR) is 17.1 cm³/mol. The van der Waals surface area contributed by atoms with Crippen molar-refractivity contribution in [1.29, 1.82) is 0 Å². The molecule has 0 spiro atoms. The van der Waals surface area contributed by atoms with Crippen LogP contribution in [-0.4, -0.2) is 28.2 Å². The number of hydrogen-bond acceptors (Lipinski definition) is 6. The van der Waals surface area contributed by atoms with Gasteiger partial charge in [-0.25, -0.2) is 0 Å². The van der Waals surface area contributed by atoms with Crippen molar-refractivity contribution in [3.8, 4) is 0 Å². The summed E-state index contributed by atoms with van der Waals surface area (Å²) in [6.07, 6.45) is 0. The quantitative estimate of drug-likeness (QED) is 0.300. The molecule has 0 aliphatic rings. The average Bonchev–Trinajstić information content (AvgIpc) is 1.27. The van der Waals surface area contributed by atoms with E-state index in [1.807, 2.05) is 0 Å². The first kappa shape index (κ1) is 17.2. The first-order chi connectivity index (χ1) is 3.41. The first-order valence-corrected chi connectivity index (χ1v) is 4.37. The molecule has 6 nitrogen and oxygen atoms in total. The van der Waals surface area contributed by atoms with Crippen LogP contribution in [0, 0.1) is 0 Å². The second-order valence-corrected chi connectivity index (χ2v) is 2.14. The van der Waals surface area contributed by atoms with E-state index < -0.39 is 28.1 Å². The van der Waals surface area contributed by atoms with Crippen LogP contribution in [0.15, 0.2) is 0 Å². The maximum absolute atomic E-state index is 8.50. The van der Waals surface area contributed by atoms with Gasteiger partial charge in [0.05, 0.1) is 0 Å². The molecule has 0 bridgehead atoms. The van der Waals surface area contributed by atoms with Crippen molar-refractivity contribution >= 4 is 9.05 Å². The summed E-state index contributed by atoms with van der Waals surface area (Å²) in [5.74, 6) is 0. The van der Waals surface area contributed by atoms with Crippen molar-refractivity contribution in [3.63, 3.8) is 0 Å². The molecule has 0 atom stereocenters. The van der Waals surface area contributed by atoms with Crippen molar-refractivity contribution in [2.75, 3.05) is 0 Å². The van der Waals surface area contributed by atoms with Crippen LogP contribution in [0.1, 0.15) is 1.43 Å². The molecule has 0 rings (SSSR count). The minimum absolute atomic E-state index is 0. The Kier molecular flexibility index (Phi) is 19.1. The zero-order valence-electron chi connectivity index (χ0n) is 5.61. The molecule has 0 amide bonds. The van der Waals surface area contributed by atoms with E-state index in [9.17, 15) is 0 Å². The van der Waals surface area contributed by atoms with Crippen LogP contribution >= 0.6 is 0 Å². The molecule has 0 aromatic carbocycles. The predicted octanol–water partition coefficient (Wildman–Crippen LogP) is -5.73. The molecule has 0 aromatic rings. The third kappa shape index (κ3) is 159. The van der Waals surface area contributed by atoms with Crippen molar-refractivity contribution < 1.29 is 97.7 Å². The van der Waals surface area contributed by atoms with Gasteiger partial charge in [-0.3, -0.25) is 0 Å². The van der Waals surface area contributed by atoms with Gasteiger partial charge in [-0.2, -0.15) is 0 Å². The van der Waals surface area contributed by atoms with Crippen LogP contribution in [0.5, 0.6) is 0 Å². The Hall–Kier alpha value is 2.01. The Morgan fingerprint density at radius 3 is 1.11 bits per heavy atom. The summed E-state index contributed by atoms with van der Waals surface area (Å²) in [6, 6.07) is 0. The molecule has 0 unspecified atom stereocenters. The van der Waals surface area contributed by atoms with Crippen LogP contribution in [0.2, 0.25) is 0 Å². The Balaban J connectivity index is -0.0000000326. The standard InChI is InChI=1S/K.H4O4Si.2O.Ti.H/c;1-5(2,3)4;;;;/h;1-4H;;;;/q+1;;;;;-1. The van der Waals surface area contributed by atoms with E-state index in [0.717, 1.165) is 0 Å². The molecular weight excluding hydrogens is 211 g/mol. The molecule has 9 heavy (non-hydrogen) atoms. The molecule has 4 N–H and O–H groups in total. The zero-order valence-corrected chi connectivity index (χ0v) is 10.3. The molecule has 0 saturated carbocycles. The van der Waals surface area contributed by atoms with Gasteiger partial charge in [-0.15, -0.1) is 0 Å². The average molecular weight is 216 g/mol. The minimum atomic E-state index is -4.61. The summed E-state index contributed by atoms with van der Waals surface area (Å²) in [7, 11) is -4.61. The number of hydrogen-bond donors (Lipinski definition) is 4. The summed E-state index contributed by atoms with van der Waals surface area (Å²) in [6.45, 7) is 0. The fraction of sp³-hybridized carbons (Fsp3) is 0. The molecule has 0 heterocycles. The molecule has 0 aromatic heterocycles. The Morgan fingerprint density at radius 1 is 1.11 bits per heavy atom. The fourth-order valence-electron chi connectivity index (χ4n) is 0. The van der Waals surface area contributed by atoms with E-state index in [2.05, 4.69) is 0 Å². The van der Waals surface area contributed by atoms with Gasteiger partial charge in [0.1, 0.15) is 0 Å². The maximum atomic E-state index is 8.50. The van der Waals surface area contributed by atoms with E-state index in [0.29, 0.717) is 0 Å². The molecule has 0 aliphatic carbocycles. The van der Waals surface area contributed by atoms with Gasteiger partial charge < -0.3 is 20.6 Å². The zero-order chi connectivity index (χ0) is 7.21. The van der Waals surface area contributed by atoms with Crippen molar-refractivity contribution in [3.05, 3.63) is 0 Å². The second-order valence-electron chi connectivity index (χ2n) is 0.683. The van der Waals surface area contributed by atoms with E-state index in [1.165, 1.54) is 0 Å². The summed E-state index contributed by atoms with van der Waals surface area (Å²) >= 11 is -2.00. The van der Waals surface area contributed by atoms with Crippen molar-refractivity contribution in [2.45, 2.75) is 0 Å². The fourth-order valence-corrected chi connectivity index (χ4v) is 0. The van der Waals surface area contributed by atoms with Gasteiger partial charge in [0.15, 0.2) is 0 Å². The molecule has 0 saturated heterocycles. The van der Waals surface area contributed by atoms with Crippen LogP contribution < -0.4 is 51.4 Å². The van der Waals surface area contributed by atoms with Crippen LogP contribution in [-0.2, 0) is 25.7 Å². The Labute approximate surface area is 105 Å². The van der Waals surface area contributed by atoms with Crippen LogP contribution in [0.4, 0.5) is 0 Å². The molecule has 0 fully saturated rings. The van der Waals surface area contributed by atoms with E-state index in [4.69, 9.17) is 25.8 Å². The molecule has 9 heteroatoms. The van der Waals surface area contributed by atoms with Gasteiger partial charge >= 0.3 is 86.2 Å². The summed E-state index contributed by atoms with van der Waals surface area (Å²) < 4.78 is 17.0. The van der Waals surface area contributed by atoms with Crippen LogP contribution in [0.25, 0.3) is 0 Å². The third-order valence-electron chi connectivity index (χ3n) is 0. The monoisotopic (exact) mass is 216 g/mol. The molecule has 50 valence electrons. The van der Waals surface area contributed by atoms with E-state index in [1.54, 1.807) is 0 Å². The summed E-state index contributed by atoms with van der Waals surface area (Å²) in [4.78, 5) is 29.3. The Bertz CT molecular complexity index is 78.2. The third-order valence-corrected chi connectivity index (χ3v) is 0. The van der Waals surface area contributed by atoms with E-state index >= 15 is 0 Å². The molecule has 0 aliphatic heterocycles. The SMILES string of the molecule is O[Si](O)(O)O.[H-].[K+].[O]=[Ti]=[O]. The van der Waals surface area contributed by atoms with Gasteiger partial charge in [-0.05, 0) is 0 Å². The first-order valence-electron chi connectivity index (χ1n) is 1.30. The molecular formula is H5KO6SiTi. The van der Waals surface area contributed by atoms with Gasteiger partial charge in [0.25, 0.3) is 0 Å². The van der Waals surface area contributed by atoms with Crippen molar-refractivity contribution in [2.24, 2.45) is 0 Å². The van der Waals surface area contributed by atoms with Gasteiger partial charge in [-0.1, -0.05) is 0 Å². The van der Waals surface area contributed by atoms with E-state index in [-0.39, 0.29) is 52.8 Å². The number of rotatable bonds is 0. The summed E-state index contributed by atoms with van der Waals surface area (Å²) in [5, 5.41) is 0. The Morgan fingerprint density at radius 2 is 1.11 bits per heavy atom. The topological polar surface area (TPSA) is 115 Å². The summed E-state index contributed by atoms with van der Waals surface area (Å²) in [5.41, 5.74) is 0. The van der Waals surface area contributed by atoms with Gasteiger partial charge in [0.2, 0.25) is 0 Å². The molecule has 0 radical (unpaired) electrons. The normalized spacial score (nSPS) is 7.56. The van der Waals surface area contributed by atoms with Gasteiger partial charge in [0, 0.05) is 0 Å². The second kappa shape index (κ2) is 10.0.